The van der Waals surface area contributed by atoms with E-state index in [0.717, 1.165) is 41.5 Å². The van der Waals surface area contributed by atoms with Crippen LogP contribution in [0, 0.1) is 6.92 Å². The largest absolute Gasteiger partial charge is 0.490 e. The van der Waals surface area contributed by atoms with Crippen molar-refractivity contribution in [3.63, 3.8) is 0 Å². The Morgan fingerprint density at radius 1 is 1.19 bits per heavy atom. The molecule has 3 heterocycles. The molecular formula is C26H26BrN5O4. The number of benzene rings is 2. The molecule has 2 aromatic heterocycles. The van der Waals surface area contributed by atoms with Gasteiger partial charge in [0.15, 0.2) is 5.69 Å². The van der Waals surface area contributed by atoms with Crippen molar-refractivity contribution in [3.05, 3.63) is 80.4 Å². The number of amides is 1. The van der Waals surface area contributed by atoms with Gasteiger partial charge in [-0.3, -0.25) is 4.79 Å². The van der Waals surface area contributed by atoms with Gasteiger partial charge in [0, 0.05) is 28.5 Å². The van der Waals surface area contributed by atoms with Gasteiger partial charge in [0.25, 0.3) is 5.91 Å². The molecule has 1 saturated heterocycles. The summed E-state index contributed by atoms with van der Waals surface area (Å²) in [4.78, 5) is 27.7. The van der Waals surface area contributed by atoms with Gasteiger partial charge in [0.05, 0.1) is 12.7 Å². The summed E-state index contributed by atoms with van der Waals surface area (Å²) in [6.45, 7) is 4.32. The first-order valence-corrected chi connectivity index (χ1v) is 12.5. The van der Waals surface area contributed by atoms with Crippen molar-refractivity contribution in [2.75, 3.05) is 25.5 Å². The molecule has 1 N–H and O–H groups in total. The predicted molar refractivity (Wildman–Crippen MR) is 140 cm³/mol. The number of hydrogen-bond acceptors (Lipinski definition) is 7. The Morgan fingerprint density at radius 2 is 1.94 bits per heavy atom. The lowest BCUT2D eigenvalue weighted by molar-refractivity contribution is 0.102. The summed E-state index contributed by atoms with van der Waals surface area (Å²) < 4.78 is 14.4. The maximum atomic E-state index is 12.7. The number of rotatable bonds is 6. The molecule has 0 atom stereocenters. The Bertz CT molecular complexity index is 1460. The Balaban J connectivity index is 1.30. The van der Waals surface area contributed by atoms with E-state index in [9.17, 15) is 9.59 Å². The fraction of sp³-hybridized carbons (Fsp3) is 0.308. The number of carbonyl (C=O) groups excluding carboxylic acids is 1. The molecule has 10 heteroatoms. The molecule has 1 aliphatic rings. The van der Waals surface area contributed by atoms with Gasteiger partial charge < -0.3 is 19.4 Å². The number of anilines is 1. The Hall–Kier alpha value is -3.50. The average Bonchev–Trinajstić information content (AvgIpc) is 3.33. The zero-order chi connectivity index (χ0) is 25.2. The highest BCUT2D eigenvalue weighted by atomic mass is 79.9. The van der Waals surface area contributed by atoms with Crippen LogP contribution in [0.25, 0.3) is 11.0 Å². The molecule has 2 aromatic carbocycles. The number of nitrogens with zero attached hydrogens (tertiary/aromatic N) is 4. The highest BCUT2D eigenvalue weighted by molar-refractivity contribution is 9.10. The van der Waals surface area contributed by atoms with Crippen molar-refractivity contribution in [2.24, 2.45) is 0 Å². The molecule has 36 heavy (non-hydrogen) atoms. The second kappa shape index (κ2) is 10.2. The maximum Gasteiger partial charge on any atom is 0.360 e. The topological polar surface area (TPSA) is 102 Å². The normalized spacial score (nSPS) is 14.8. The Morgan fingerprint density at radius 3 is 2.69 bits per heavy atom. The molecule has 0 radical (unpaired) electrons. The number of aryl methyl sites for hydroxylation is 1. The first-order valence-electron chi connectivity index (χ1n) is 11.7. The molecule has 4 aromatic rings. The summed E-state index contributed by atoms with van der Waals surface area (Å²) in [5, 5.41) is 11.3. The number of fused-ring (bicyclic) bond motifs is 1. The molecule has 0 bridgehead atoms. The lowest BCUT2D eigenvalue weighted by atomic mass is 10.1. The van der Waals surface area contributed by atoms with Gasteiger partial charge in [-0.15, -0.1) is 5.10 Å². The molecule has 0 unspecified atom stereocenters. The van der Waals surface area contributed by atoms with E-state index in [4.69, 9.17) is 9.15 Å². The second-order valence-corrected chi connectivity index (χ2v) is 9.97. The fourth-order valence-corrected chi connectivity index (χ4v) is 4.51. The summed E-state index contributed by atoms with van der Waals surface area (Å²) in [5.41, 5.74) is 1.72. The number of piperidine rings is 1. The van der Waals surface area contributed by atoms with Gasteiger partial charge in [0.2, 0.25) is 0 Å². The molecule has 0 saturated carbocycles. The van der Waals surface area contributed by atoms with Crippen molar-refractivity contribution in [3.8, 4) is 5.75 Å². The van der Waals surface area contributed by atoms with Crippen molar-refractivity contribution in [2.45, 2.75) is 32.4 Å². The molecule has 186 valence electrons. The van der Waals surface area contributed by atoms with Crippen LogP contribution in [0.2, 0.25) is 0 Å². The zero-order valence-electron chi connectivity index (χ0n) is 20.0. The van der Waals surface area contributed by atoms with Crippen molar-refractivity contribution in [1.29, 1.82) is 0 Å². The molecule has 1 amide bonds. The SMILES string of the molecule is Cc1c(OC2CCN(C)CC2)ccc2cc(NC(=O)c3cn(Cc4ccc(Br)cc4)nn3)c(=O)oc12. The van der Waals surface area contributed by atoms with Crippen molar-refractivity contribution in [1.82, 2.24) is 19.9 Å². The number of halogens is 1. The molecule has 5 rings (SSSR count). The van der Waals surface area contributed by atoms with E-state index in [2.05, 4.69) is 43.5 Å². The van der Waals surface area contributed by atoms with Gasteiger partial charge in [-0.05, 0) is 62.7 Å². The maximum absolute atomic E-state index is 12.7. The quantitative estimate of drug-likeness (QED) is 0.357. The highest BCUT2D eigenvalue weighted by Crippen LogP contribution is 2.30. The van der Waals surface area contributed by atoms with E-state index >= 15 is 0 Å². The molecular weight excluding hydrogens is 526 g/mol. The minimum atomic E-state index is -0.641. The van der Waals surface area contributed by atoms with Gasteiger partial charge >= 0.3 is 5.63 Å². The summed E-state index contributed by atoms with van der Waals surface area (Å²) in [5.74, 6) is 0.169. The van der Waals surface area contributed by atoms with Crippen LogP contribution in [0.4, 0.5) is 5.69 Å². The van der Waals surface area contributed by atoms with E-state index < -0.39 is 11.5 Å². The number of likely N-dealkylation sites (tertiary alicyclic amines) is 1. The highest BCUT2D eigenvalue weighted by Gasteiger charge is 2.20. The smallest absolute Gasteiger partial charge is 0.360 e. The van der Waals surface area contributed by atoms with Crippen LogP contribution in [0.3, 0.4) is 0 Å². The van der Waals surface area contributed by atoms with Crippen LogP contribution < -0.4 is 15.7 Å². The van der Waals surface area contributed by atoms with Gasteiger partial charge in [-0.1, -0.05) is 33.3 Å². The second-order valence-electron chi connectivity index (χ2n) is 9.06. The number of carbonyl (C=O) groups is 1. The van der Waals surface area contributed by atoms with Gasteiger partial charge in [0.1, 0.15) is 23.1 Å². The summed E-state index contributed by atoms with van der Waals surface area (Å²) in [6, 6.07) is 13.1. The zero-order valence-corrected chi connectivity index (χ0v) is 21.6. The van der Waals surface area contributed by atoms with E-state index in [1.807, 2.05) is 43.3 Å². The van der Waals surface area contributed by atoms with Crippen molar-refractivity contribution >= 4 is 38.5 Å². The van der Waals surface area contributed by atoms with E-state index in [-0.39, 0.29) is 17.5 Å². The first kappa shape index (κ1) is 24.2. The minimum Gasteiger partial charge on any atom is -0.490 e. The summed E-state index contributed by atoms with van der Waals surface area (Å²) in [7, 11) is 2.11. The third-order valence-electron chi connectivity index (χ3n) is 6.34. The van der Waals surface area contributed by atoms with Gasteiger partial charge in [-0.25, -0.2) is 9.48 Å². The third-order valence-corrected chi connectivity index (χ3v) is 6.87. The standard InChI is InChI=1S/C26H26BrN5O4/c1-16-23(35-20-9-11-31(2)12-10-20)8-5-18-13-21(26(34)36-24(16)18)28-25(33)22-15-32(30-29-22)14-17-3-6-19(27)7-4-17/h3-8,13,15,20H,9-12,14H2,1-2H3,(H,28,33). The van der Waals surface area contributed by atoms with Crippen LogP contribution in [0.15, 0.2) is 62.3 Å². The lowest BCUT2D eigenvalue weighted by Gasteiger charge is -2.29. The van der Waals surface area contributed by atoms with Crippen LogP contribution in [0.5, 0.6) is 5.75 Å². The Labute approximate surface area is 216 Å². The molecule has 9 nitrogen and oxygen atoms in total. The first-order chi connectivity index (χ1) is 17.4. The van der Waals surface area contributed by atoms with E-state index in [1.54, 1.807) is 10.7 Å². The monoisotopic (exact) mass is 551 g/mol. The summed E-state index contributed by atoms with van der Waals surface area (Å²) in [6.07, 6.45) is 3.59. The molecule has 1 fully saturated rings. The Kier molecular flexibility index (Phi) is 6.88. The lowest BCUT2D eigenvalue weighted by Crippen LogP contribution is -2.35. The average molecular weight is 552 g/mol. The summed E-state index contributed by atoms with van der Waals surface area (Å²) >= 11 is 3.41. The molecule has 0 spiro atoms. The van der Waals surface area contributed by atoms with E-state index in [1.165, 1.54) is 6.20 Å². The van der Waals surface area contributed by atoms with Crippen LogP contribution in [0.1, 0.15) is 34.5 Å². The fourth-order valence-electron chi connectivity index (χ4n) is 4.25. The number of aromatic nitrogens is 3. The van der Waals surface area contributed by atoms with Crippen LogP contribution >= 0.6 is 15.9 Å². The van der Waals surface area contributed by atoms with Crippen molar-refractivity contribution < 1.29 is 13.9 Å². The molecule has 0 aliphatic carbocycles. The van der Waals surface area contributed by atoms with Gasteiger partial charge in [-0.2, -0.15) is 0 Å². The van der Waals surface area contributed by atoms with Crippen LogP contribution in [-0.4, -0.2) is 52.0 Å². The van der Waals surface area contributed by atoms with E-state index in [0.29, 0.717) is 23.3 Å². The number of hydrogen-bond donors (Lipinski definition) is 1. The predicted octanol–water partition coefficient (Wildman–Crippen LogP) is 4.23. The molecule has 1 aliphatic heterocycles. The van der Waals surface area contributed by atoms with Crippen LogP contribution in [-0.2, 0) is 6.54 Å². The number of ether oxygens (including phenoxy) is 1. The number of nitrogens with one attached hydrogen (secondary N) is 1. The minimum absolute atomic E-state index is 0.0401. The third kappa shape index (κ3) is 5.34.